The zero-order valence-corrected chi connectivity index (χ0v) is 10.3. The lowest BCUT2D eigenvalue weighted by molar-refractivity contribution is -0.124. The van der Waals surface area contributed by atoms with Crippen LogP contribution in [0.1, 0.15) is 33.1 Å². The predicted octanol–water partition coefficient (Wildman–Crippen LogP) is 0.324. The third-order valence-electron chi connectivity index (χ3n) is 3.62. The molecule has 3 aliphatic heterocycles. The van der Waals surface area contributed by atoms with Gasteiger partial charge in [0.25, 0.3) is 0 Å². The number of fused-ring (bicyclic) bond motifs is 3. The van der Waals surface area contributed by atoms with E-state index in [2.05, 4.69) is 10.2 Å². The van der Waals surface area contributed by atoms with Crippen LogP contribution < -0.4 is 11.1 Å². The summed E-state index contributed by atoms with van der Waals surface area (Å²) in [5, 5.41) is 3.15. The number of nitrogens with zero attached hydrogens (tertiary/aromatic N) is 1. The highest BCUT2D eigenvalue weighted by Gasteiger charge is 2.35. The Labute approximate surface area is 97.6 Å². The van der Waals surface area contributed by atoms with Gasteiger partial charge in [0.15, 0.2) is 0 Å². The Bertz CT molecular complexity index is 264. The monoisotopic (exact) mass is 225 g/mol. The van der Waals surface area contributed by atoms with Gasteiger partial charge in [-0.3, -0.25) is 4.79 Å². The largest absolute Gasteiger partial charge is 0.352 e. The van der Waals surface area contributed by atoms with Crippen molar-refractivity contribution in [1.82, 2.24) is 10.2 Å². The van der Waals surface area contributed by atoms with E-state index < -0.39 is 5.54 Å². The van der Waals surface area contributed by atoms with Crippen LogP contribution in [0.5, 0.6) is 0 Å². The molecule has 1 unspecified atom stereocenters. The highest BCUT2D eigenvalue weighted by atomic mass is 16.1. The minimum atomic E-state index is -0.405. The standard InChI is InChI=1S/C12H23N3O/c1-12(2,13)7-11(16)14-10-8-15-5-3-9(10)4-6-15/h9-10H,3-8,13H2,1-2H3,(H,14,16). The fourth-order valence-electron chi connectivity index (χ4n) is 2.80. The number of piperidine rings is 3. The molecule has 2 bridgehead atoms. The van der Waals surface area contributed by atoms with Gasteiger partial charge in [-0.2, -0.15) is 0 Å². The third kappa shape index (κ3) is 2.95. The molecule has 3 aliphatic rings. The first-order chi connectivity index (χ1) is 7.44. The van der Waals surface area contributed by atoms with Crippen molar-refractivity contribution in [3.05, 3.63) is 0 Å². The summed E-state index contributed by atoms with van der Waals surface area (Å²) in [6.45, 7) is 7.23. The molecule has 1 atom stereocenters. The Kier molecular flexibility index (Phi) is 3.22. The van der Waals surface area contributed by atoms with E-state index in [9.17, 15) is 4.79 Å². The lowest BCUT2D eigenvalue weighted by atomic mass is 9.84. The van der Waals surface area contributed by atoms with Gasteiger partial charge >= 0.3 is 0 Å². The molecule has 4 nitrogen and oxygen atoms in total. The molecule has 3 rings (SSSR count). The Balaban J connectivity index is 1.83. The summed E-state index contributed by atoms with van der Waals surface area (Å²) in [7, 11) is 0. The van der Waals surface area contributed by atoms with Crippen LogP contribution in [0, 0.1) is 5.92 Å². The first kappa shape index (κ1) is 11.9. The maximum Gasteiger partial charge on any atom is 0.222 e. The summed E-state index contributed by atoms with van der Waals surface area (Å²) in [5.74, 6) is 0.793. The van der Waals surface area contributed by atoms with Gasteiger partial charge in [0.1, 0.15) is 0 Å². The zero-order chi connectivity index (χ0) is 11.8. The van der Waals surface area contributed by atoms with E-state index in [4.69, 9.17) is 5.73 Å². The topological polar surface area (TPSA) is 58.4 Å². The van der Waals surface area contributed by atoms with E-state index >= 15 is 0 Å². The van der Waals surface area contributed by atoms with Crippen molar-refractivity contribution >= 4 is 5.91 Å². The van der Waals surface area contributed by atoms with Crippen LogP contribution in [-0.4, -0.2) is 42.0 Å². The zero-order valence-electron chi connectivity index (χ0n) is 10.3. The van der Waals surface area contributed by atoms with Gasteiger partial charge in [0.05, 0.1) is 0 Å². The maximum absolute atomic E-state index is 11.8. The van der Waals surface area contributed by atoms with Gasteiger partial charge in [-0.1, -0.05) is 0 Å². The second-order valence-electron chi connectivity index (χ2n) is 5.98. The number of hydrogen-bond acceptors (Lipinski definition) is 3. The molecular weight excluding hydrogens is 202 g/mol. The smallest absolute Gasteiger partial charge is 0.222 e. The Morgan fingerprint density at radius 3 is 2.50 bits per heavy atom. The van der Waals surface area contributed by atoms with Crippen molar-refractivity contribution in [3.8, 4) is 0 Å². The second-order valence-corrected chi connectivity index (χ2v) is 5.98. The first-order valence-corrected chi connectivity index (χ1v) is 6.25. The molecular formula is C12H23N3O. The van der Waals surface area contributed by atoms with Crippen LogP contribution in [-0.2, 0) is 4.79 Å². The summed E-state index contributed by atoms with van der Waals surface area (Å²) in [6.07, 6.45) is 2.88. The number of rotatable bonds is 3. The van der Waals surface area contributed by atoms with E-state index in [1.54, 1.807) is 0 Å². The molecule has 3 saturated heterocycles. The van der Waals surface area contributed by atoms with Gasteiger partial charge in [-0.05, 0) is 45.7 Å². The molecule has 16 heavy (non-hydrogen) atoms. The number of nitrogens with two attached hydrogens (primary N) is 1. The summed E-state index contributed by atoms with van der Waals surface area (Å²) >= 11 is 0. The normalized spacial score (nSPS) is 33.8. The SMILES string of the molecule is CC(C)(N)CC(=O)NC1CN2CCC1CC2. The number of amides is 1. The summed E-state index contributed by atoms with van der Waals surface area (Å²) < 4.78 is 0. The van der Waals surface area contributed by atoms with Crippen LogP contribution in [0.4, 0.5) is 0 Å². The van der Waals surface area contributed by atoms with Crippen LogP contribution in [0.25, 0.3) is 0 Å². The summed E-state index contributed by atoms with van der Waals surface area (Å²) in [4.78, 5) is 14.2. The van der Waals surface area contributed by atoms with Gasteiger partial charge in [-0.25, -0.2) is 0 Å². The fraction of sp³-hybridized carbons (Fsp3) is 0.917. The summed E-state index contributed by atoms with van der Waals surface area (Å²) in [6, 6.07) is 0.359. The molecule has 0 saturated carbocycles. The highest BCUT2D eigenvalue weighted by molar-refractivity contribution is 5.77. The number of hydrogen-bond donors (Lipinski definition) is 2. The predicted molar refractivity (Wildman–Crippen MR) is 64.0 cm³/mol. The van der Waals surface area contributed by atoms with Crippen molar-refractivity contribution in [1.29, 1.82) is 0 Å². The van der Waals surface area contributed by atoms with Crippen LogP contribution in [0.15, 0.2) is 0 Å². The van der Waals surface area contributed by atoms with Gasteiger partial charge in [0, 0.05) is 24.5 Å². The van der Waals surface area contributed by atoms with Crippen molar-refractivity contribution < 1.29 is 4.79 Å². The molecule has 92 valence electrons. The molecule has 0 aromatic rings. The maximum atomic E-state index is 11.8. The second kappa shape index (κ2) is 4.34. The lowest BCUT2D eigenvalue weighted by Crippen LogP contribution is -2.57. The number of carbonyl (C=O) groups is 1. The van der Waals surface area contributed by atoms with Gasteiger partial charge < -0.3 is 16.0 Å². The molecule has 0 aliphatic carbocycles. The third-order valence-corrected chi connectivity index (χ3v) is 3.62. The highest BCUT2D eigenvalue weighted by Crippen LogP contribution is 2.27. The number of nitrogens with one attached hydrogen (secondary N) is 1. The molecule has 3 N–H and O–H groups in total. The quantitative estimate of drug-likeness (QED) is 0.727. The van der Waals surface area contributed by atoms with E-state index in [-0.39, 0.29) is 5.91 Å². The van der Waals surface area contributed by atoms with Crippen molar-refractivity contribution in [2.45, 2.75) is 44.7 Å². The molecule has 0 radical (unpaired) electrons. The molecule has 0 aromatic carbocycles. The molecule has 3 heterocycles. The average Bonchev–Trinajstić information content (AvgIpc) is 2.16. The van der Waals surface area contributed by atoms with Crippen LogP contribution >= 0.6 is 0 Å². The molecule has 1 amide bonds. The van der Waals surface area contributed by atoms with E-state index in [1.807, 2.05) is 13.8 Å². The van der Waals surface area contributed by atoms with Crippen LogP contribution in [0.3, 0.4) is 0 Å². The van der Waals surface area contributed by atoms with Gasteiger partial charge in [0.2, 0.25) is 5.91 Å². The molecule has 0 aromatic heterocycles. The average molecular weight is 225 g/mol. The van der Waals surface area contributed by atoms with Gasteiger partial charge in [-0.15, -0.1) is 0 Å². The van der Waals surface area contributed by atoms with Crippen LogP contribution in [0.2, 0.25) is 0 Å². The Morgan fingerprint density at radius 1 is 1.44 bits per heavy atom. The minimum absolute atomic E-state index is 0.103. The Morgan fingerprint density at radius 2 is 2.06 bits per heavy atom. The molecule has 0 spiro atoms. The van der Waals surface area contributed by atoms with E-state index in [1.165, 1.54) is 25.9 Å². The lowest BCUT2D eigenvalue weighted by Gasteiger charge is -2.45. The molecule has 3 fully saturated rings. The fourth-order valence-corrected chi connectivity index (χ4v) is 2.80. The minimum Gasteiger partial charge on any atom is -0.352 e. The van der Waals surface area contributed by atoms with E-state index in [0.717, 1.165) is 6.54 Å². The molecule has 4 heteroatoms. The summed E-state index contributed by atoms with van der Waals surface area (Å²) in [5.41, 5.74) is 5.44. The Hall–Kier alpha value is -0.610. The van der Waals surface area contributed by atoms with Crippen molar-refractivity contribution in [2.75, 3.05) is 19.6 Å². The number of carbonyl (C=O) groups excluding carboxylic acids is 1. The van der Waals surface area contributed by atoms with Crippen molar-refractivity contribution in [2.24, 2.45) is 11.7 Å². The first-order valence-electron chi connectivity index (χ1n) is 6.25. The van der Waals surface area contributed by atoms with Crippen molar-refractivity contribution in [3.63, 3.8) is 0 Å². The van der Waals surface area contributed by atoms with E-state index in [0.29, 0.717) is 18.4 Å².